The number of piperazine rings is 1. The Morgan fingerprint density at radius 1 is 1.10 bits per heavy atom. The number of amidine groups is 1. The second kappa shape index (κ2) is 14.7. The summed E-state index contributed by atoms with van der Waals surface area (Å²) in [4.78, 5) is 26.4. The van der Waals surface area contributed by atoms with Crippen molar-refractivity contribution in [3.8, 4) is 0 Å². The summed E-state index contributed by atoms with van der Waals surface area (Å²) in [6.07, 6.45) is 12.1. The number of carbonyl (C=O) groups excluding carboxylic acids is 1. The molecule has 5 N–H and O–H groups in total. The lowest BCUT2D eigenvalue weighted by Gasteiger charge is -2.43. The Hall–Kier alpha value is -3.89. The molecule has 2 fully saturated rings. The maximum Gasteiger partial charge on any atom is 0.224 e. The fourth-order valence-electron chi connectivity index (χ4n) is 4.91. The lowest BCUT2D eigenvalue weighted by Crippen LogP contribution is -2.56. The minimum atomic E-state index is -0.0185. The van der Waals surface area contributed by atoms with E-state index in [1.54, 1.807) is 0 Å². The molecule has 10 heteroatoms. The topological polar surface area (TPSA) is 120 Å². The van der Waals surface area contributed by atoms with Gasteiger partial charge in [0, 0.05) is 56.6 Å². The van der Waals surface area contributed by atoms with Gasteiger partial charge in [0.15, 0.2) is 5.84 Å². The van der Waals surface area contributed by atoms with Crippen LogP contribution in [0.2, 0.25) is 0 Å². The minimum absolute atomic E-state index is 0.0185. The van der Waals surface area contributed by atoms with Crippen LogP contribution in [0.3, 0.4) is 0 Å². The van der Waals surface area contributed by atoms with E-state index in [4.69, 9.17) is 15.5 Å². The smallest absolute Gasteiger partial charge is 0.224 e. The average Bonchev–Trinajstić information content (AvgIpc) is 3.17. The highest BCUT2D eigenvalue weighted by molar-refractivity contribution is 6.05. The van der Waals surface area contributed by atoms with Crippen molar-refractivity contribution < 1.29 is 9.53 Å². The predicted molar refractivity (Wildman–Crippen MR) is 168 cm³/mol. The predicted octanol–water partition coefficient (Wildman–Crippen LogP) is 3.79. The van der Waals surface area contributed by atoms with Gasteiger partial charge in [0.1, 0.15) is 5.82 Å². The van der Waals surface area contributed by atoms with Gasteiger partial charge in [-0.15, -0.1) is 0 Å². The summed E-state index contributed by atoms with van der Waals surface area (Å²) >= 11 is 0. The average molecular weight is 561 g/mol. The van der Waals surface area contributed by atoms with E-state index in [2.05, 4.69) is 55.0 Å². The SMILES string of the molecule is CCCC(=O)Nc1ccc(C(N=CN)=NC(NC2=CCC=C(N3CCN(C4COC4)CC3)C=C2)=C(C)C)cc1NC. The number of ether oxygens (including phenoxy) is 1. The fraction of sp³-hybridized carbons (Fsp3) is 0.452. The van der Waals surface area contributed by atoms with Crippen LogP contribution in [0.15, 0.2) is 75.3 Å². The summed E-state index contributed by atoms with van der Waals surface area (Å²) < 4.78 is 5.37. The zero-order valence-electron chi connectivity index (χ0n) is 24.7. The molecule has 3 aliphatic rings. The molecule has 0 unspecified atom stereocenters. The molecule has 1 aromatic carbocycles. The first-order valence-corrected chi connectivity index (χ1v) is 14.5. The van der Waals surface area contributed by atoms with Crippen molar-refractivity contribution in [1.82, 2.24) is 15.1 Å². The molecule has 2 aliphatic heterocycles. The standard InChI is InChI=1S/C31H44N8O2/c1-5-7-29(40)36-27-13-10-23(18-28(27)33-4)31(34-21-32)37-30(22(2)3)35-24-8-6-9-25(12-11-24)38-14-16-39(17-15-38)26-19-41-20-26/h8-13,18,21,26,33,35H,5-7,14-17,19-20H2,1-4H3,(H,36,40)(H2,32,34,37). The molecular weight excluding hydrogens is 516 g/mol. The third kappa shape index (κ3) is 8.08. The second-order valence-corrected chi connectivity index (χ2v) is 10.6. The molecule has 0 atom stereocenters. The number of allylic oxidation sites excluding steroid dienone is 5. The lowest BCUT2D eigenvalue weighted by atomic mass is 10.1. The number of aliphatic imine (C=N–C) groups is 2. The Morgan fingerprint density at radius 2 is 1.88 bits per heavy atom. The van der Waals surface area contributed by atoms with E-state index < -0.39 is 0 Å². The van der Waals surface area contributed by atoms with Crippen molar-refractivity contribution in [1.29, 1.82) is 0 Å². The Bertz CT molecular complexity index is 1260. The van der Waals surface area contributed by atoms with Crippen LogP contribution in [0.4, 0.5) is 11.4 Å². The maximum atomic E-state index is 12.2. The van der Waals surface area contributed by atoms with Gasteiger partial charge in [0.2, 0.25) is 5.91 Å². The van der Waals surface area contributed by atoms with Gasteiger partial charge in [-0.1, -0.05) is 19.1 Å². The Kier molecular flexibility index (Phi) is 10.8. The van der Waals surface area contributed by atoms with Crippen LogP contribution in [0.25, 0.3) is 0 Å². The van der Waals surface area contributed by atoms with Crippen LogP contribution in [0.1, 0.15) is 45.6 Å². The van der Waals surface area contributed by atoms with E-state index in [1.165, 1.54) is 12.0 Å². The minimum Gasteiger partial charge on any atom is -0.390 e. The van der Waals surface area contributed by atoms with Gasteiger partial charge in [-0.2, -0.15) is 0 Å². The number of benzene rings is 1. The largest absolute Gasteiger partial charge is 0.390 e. The monoisotopic (exact) mass is 560 g/mol. The Labute approximate surface area is 243 Å². The van der Waals surface area contributed by atoms with Crippen LogP contribution in [-0.2, 0) is 9.53 Å². The number of hydrogen-bond donors (Lipinski definition) is 4. The van der Waals surface area contributed by atoms with Gasteiger partial charge >= 0.3 is 0 Å². The Morgan fingerprint density at radius 3 is 2.51 bits per heavy atom. The van der Waals surface area contributed by atoms with E-state index in [1.807, 2.05) is 46.0 Å². The lowest BCUT2D eigenvalue weighted by molar-refractivity contribution is -0.116. The molecule has 2 saturated heterocycles. The molecular formula is C31H44N8O2. The van der Waals surface area contributed by atoms with Crippen molar-refractivity contribution in [3.05, 3.63) is 70.9 Å². The molecule has 0 aromatic heterocycles. The number of nitrogens with two attached hydrogens (primary N) is 1. The van der Waals surface area contributed by atoms with Crippen LogP contribution in [0.5, 0.6) is 0 Å². The van der Waals surface area contributed by atoms with Gasteiger partial charge < -0.3 is 31.3 Å². The normalized spacial score (nSPS) is 18.3. The molecule has 2 heterocycles. The molecule has 0 saturated carbocycles. The molecule has 1 aromatic rings. The molecule has 4 rings (SSSR count). The summed E-state index contributed by atoms with van der Waals surface area (Å²) in [5.74, 6) is 1.15. The first-order valence-electron chi connectivity index (χ1n) is 14.5. The molecule has 220 valence electrons. The molecule has 0 spiro atoms. The first kappa shape index (κ1) is 30.1. The van der Waals surface area contributed by atoms with Gasteiger partial charge in [0.25, 0.3) is 0 Å². The highest BCUT2D eigenvalue weighted by Crippen LogP contribution is 2.25. The van der Waals surface area contributed by atoms with Crippen molar-refractivity contribution in [2.75, 3.05) is 57.1 Å². The van der Waals surface area contributed by atoms with Crippen molar-refractivity contribution in [3.63, 3.8) is 0 Å². The van der Waals surface area contributed by atoms with Crippen LogP contribution >= 0.6 is 0 Å². The summed E-state index contributed by atoms with van der Waals surface area (Å²) in [7, 11) is 1.82. The summed E-state index contributed by atoms with van der Waals surface area (Å²) in [6, 6.07) is 6.25. The van der Waals surface area contributed by atoms with Gasteiger partial charge in [-0.25, -0.2) is 9.98 Å². The number of carbonyl (C=O) groups is 1. The Balaban J connectivity index is 1.46. The van der Waals surface area contributed by atoms with Crippen LogP contribution in [-0.4, -0.2) is 80.4 Å². The number of hydrogen-bond acceptors (Lipinski definition) is 7. The second-order valence-electron chi connectivity index (χ2n) is 10.6. The molecule has 41 heavy (non-hydrogen) atoms. The zero-order valence-corrected chi connectivity index (χ0v) is 24.7. The van der Waals surface area contributed by atoms with E-state index >= 15 is 0 Å². The highest BCUT2D eigenvalue weighted by Gasteiger charge is 2.29. The van der Waals surface area contributed by atoms with Gasteiger partial charge in [-0.05, 0) is 62.6 Å². The maximum absolute atomic E-state index is 12.2. The number of nitrogens with one attached hydrogen (secondary N) is 3. The third-order valence-corrected chi connectivity index (χ3v) is 7.36. The van der Waals surface area contributed by atoms with Crippen molar-refractivity contribution >= 4 is 29.5 Å². The first-order chi connectivity index (χ1) is 19.9. The van der Waals surface area contributed by atoms with Crippen molar-refractivity contribution in [2.45, 2.75) is 46.1 Å². The van der Waals surface area contributed by atoms with E-state index in [0.29, 0.717) is 29.8 Å². The summed E-state index contributed by atoms with van der Waals surface area (Å²) in [5, 5.41) is 9.62. The number of amides is 1. The van der Waals surface area contributed by atoms with E-state index in [0.717, 1.165) is 74.8 Å². The van der Waals surface area contributed by atoms with Crippen molar-refractivity contribution in [2.24, 2.45) is 15.7 Å². The summed E-state index contributed by atoms with van der Waals surface area (Å²) in [6.45, 7) is 11.9. The molecule has 1 aliphatic carbocycles. The zero-order chi connectivity index (χ0) is 29.2. The fourth-order valence-corrected chi connectivity index (χ4v) is 4.91. The number of nitrogens with zero attached hydrogens (tertiary/aromatic N) is 4. The van der Waals surface area contributed by atoms with Crippen LogP contribution < -0.4 is 21.7 Å². The molecule has 10 nitrogen and oxygen atoms in total. The molecule has 0 bridgehead atoms. The quantitative estimate of drug-likeness (QED) is 0.254. The van der Waals surface area contributed by atoms with E-state index in [-0.39, 0.29) is 5.91 Å². The highest BCUT2D eigenvalue weighted by atomic mass is 16.5. The third-order valence-electron chi connectivity index (χ3n) is 7.36. The molecule has 0 radical (unpaired) electrons. The van der Waals surface area contributed by atoms with Gasteiger partial charge in [-0.3, -0.25) is 9.69 Å². The van der Waals surface area contributed by atoms with E-state index in [9.17, 15) is 4.79 Å². The number of anilines is 2. The van der Waals surface area contributed by atoms with Gasteiger partial charge in [0.05, 0.1) is 37.0 Å². The van der Waals surface area contributed by atoms with Crippen LogP contribution in [0, 0.1) is 0 Å². The number of rotatable bonds is 10. The summed E-state index contributed by atoms with van der Waals surface area (Å²) in [5.41, 5.74) is 11.2. The molecule has 1 amide bonds.